The van der Waals surface area contributed by atoms with Gasteiger partial charge in [-0.25, -0.2) is 0 Å². The second-order valence-electron chi connectivity index (χ2n) is 5.12. The molecule has 1 aromatic rings. The van der Waals surface area contributed by atoms with E-state index < -0.39 is 0 Å². The highest BCUT2D eigenvalue weighted by Crippen LogP contribution is 2.34. The second kappa shape index (κ2) is 4.40. The van der Waals surface area contributed by atoms with E-state index in [0.717, 1.165) is 3.57 Å². The molecule has 0 N–H and O–H groups in total. The summed E-state index contributed by atoms with van der Waals surface area (Å²) in [6.07, 6.45) is 0.842. The fraction of sp³-hybridized carbons (Fsp3) is 0.385. The van der Waals surface area contributed by atoms with E-state index in [9.17, 15) is 9.59 Å². The Balaban J connectivity index is 2.34. The predicted octanol–water partition coefficient (Wildman–Crippen LogP) is 2.97. The summed E-state index contributed by atoms with van der Waals surface area (Å²) in [6.45, 7) is 3.91. The molecule has 4 heteroatoms. The number of rotatable bonds is 1. The van der Waals surface area contributed by atoms with Crippen LogP contribution in [-0.2, 0) is 9.59 Å². The Morgan fingerprint density at radius 1 is 1.18 bits per heavy atom. The van der Waals surface area contributed by atoms with Gasteiger partial charge >= 0.3 is 0 Å². The van der Waals surface area contributed by atoms with Gasteiger partial charge in [-0.1, -0.05) is 19.9 Å². The monoisotopic (exact) mass is 343 g/mol. The van der Waals surface area contributed by atoms with Crippen molar-refractivity contribution in [3.8, 4) is 0 Å². The van der Waals surface area contributed by atoms with Gasteiger partial charge in [0.05, 0.1) is 5.69 Å². The third kappa shape index (κ3) is 2.68. The number of carbonyl (C=O) groups excluding carboxylic acids is 2. The molecule has 0 unspecified atom stereocenters. The van der Waals surface area contributed by atoms with Crippen LogP contribution in [0.25, 0.3) is 0 Å². The van der Waals surface area contributed by atoms with E-state index in [1.54, 1.807) is 6.07 Å². The molecule has 3 nitrogen and oxygen atoms in total. The average Bonchev–Trinajstić information content (AvgIpc) is 2.13. The number of imide groups is 1. The quantitative estimate of drug-likeness (QED) is 0.581. The fourth-order valence-electron chi connectivity index (χ4n) is 2.08. The molecule has 1 aromatic carbocycles. The second-order valence-corrected chi connectivity index (χ2v) is 6.37. The molecular weight excluding hydrogens is 329 g/mol. The van der Waals surface area contributed by atoms with Gasteiger partial charge in [0.15, 0.2) is 0 Å². The average molecular weight is 343 g/mol. The van der Waals surface area contributed by atoms with Crippen molar-refractivity contribution in [2.24, 2.45) is 5.41 Å². The molecule has 1 aliphatic rings. The molecule has 0 saturated carbocycles. The van der Waals surface area contributed by atoms with Gasteiger partial charge in [0, 0.05) is 16.4 Å². The van der Waals surface area contributed by atoms with E-state index in [1.165, 1.54) is 4.90 Å². The van der Waals surface area contributed by atoms with E-state index in [-0.39, 0.29) is 17.2 Å². The van der Waals surface area contributed by atoms with E-state index in [2.05, 4.69) is 22.6 Å². The number of anilines is 1. The van der Waals surface area contributed by atoms with Crippen molar-refractivity contribution < 1.29 is 9.59 Å². The molecule has 0 aliphatic carbocycles. The van der Waals surface area contributed by atoms with Gasteiger partial charge in [0.25, 0.3) is 0 Å². The lowest BCUT2D eigenvalue weighted by molar-refractivity contribution is -0.132. The smallest absolute Gasteiger partial charge is 0.234 e. The van der Waals surface area contributed by atoms with Crippen LogP contribution >= 0.6 is 22.6 Å². The molecular formula is C13H14INO2. The van der Waals surface area contributed by atoms with Crippen LogP contribution in [0, 0.1) is 8.99 Å². The summed E-state index contributed by atoms with van der Waals surface area (Å²) in [6, 6.07) is 7.45. The SMILES string of the molecule is CC1(C)CC(=O)N(c2cccc(I)c2)C(=O)C1. The molecule has 1 saturated heterocycles. The molecule has 17 heavy (non-hydrogen) atoms. The minimum atomic E-state index is -0.216. The molecule has 1 aliphatic heterocycles. The van der Waals surface area contributed by atoms with Crippen molar-refractivity contribution in [2.45, 2.75) is 26.7 Å². The first-order valence-corrected chi connectivity index (χ1v) is 6.58. The fourth-order valence-corrected chi connectivity index (χ4v) is 2.61. The van der Waals surface area contributed by atoms with Crippen LogP contribution < -0.4 is 4.90 Å². The highest BCUT2D eigenvalue weighted by atomic mass is 127. The summed E-state index contributed by atoms with van der Waals surface area (Å²) >= 11 is 2.17. The first-order chi connectivity index (χ1) is 7.89. The van der Waals surface area contributed by atoms with Crippen molar-refractivity contribution in [1.82, 2.24) is 0 Å². The maximum atomic E-state index is 12.0. The molecule has 2 amide bonds. The highest BCUT2D eigenvalue weighted by molar-refractivity contribution is 14.1. The summed E-state index contributed by atoms with van der Waals surface area (Å²) in [5.74, 6) is -0.207. The number of nitrogens with zero attached hydrogens (tertiary/aromatic N) is 1. The number of amides is 2. The van der Waals surface area contributed by atoms with Gasteiger partial charge in [-0.2, -0.15) is 0 Å². The first kappa shape index (κ1) is 12.5. The number of benzene rings is 1. The number of hydrogen-bond donors (Lipinski definition) is 0. The Morgan fingerprint density at radius 2 is 1.76 bits per heavy atom. The van der Waals surface area contributed by atoms with Gasteiger partial charge in [0.2, 0.25) is 11.8 Å². The minimum Gasteiger partial charge on any atom is -0.274 e. The van der Waals surface area contributed by atoms with Crippen LogP contribution in [0.4, 0.5) is 5.69 Å². The maximum Gasteiger partial charge on any atom is 0.234 e. The topological polar surface area (TPSA) is 37.4 Å². The predicted molar refractivity (Wildman–Crippen MR) is 74.7 cm³/mol. The number of carbonyl (C=O) groups is 2. The van der Waals surface area contributed by atoms with Crippen molar-refractivity contribution in [3.05, 3.63) is 27.8 Å². The third-order valence-corrected chi connectivity index (χ3v) is 3.50. The maximum absolute atomic E-state index is 12.0. The Kier molecular flexibility index (Phi) is 3.25. The standard InChI is InChI=1S/C13H14INO2/c1-13(2)7-11(16)15(12(17)8-13)10-5-3-4-9(14)6-10/h3-6H,7-8H2,1-2H3. The lowest BCUT2D eigenvalue weighted by atomic mass is 9.81. The summed E-state index contributed by atoms with van der Waals surface area (Å²) < 4.78 is 1.02. The molecule has 0 aromatic heterocycles. The number of halogens is 1. The molecule has 1 fully saturated rings. The van der Waals surface area contributed by atoms with Crippen molar-refractivity contribution in [2.75, 3.05) is 4.90 Å². The lowest BCUT2D eigenvalue weighted by Crippen LogP contribution is -2.46. The number of hydrogen-bond acceptors (Lipinski definition) is 2. The highest BCUT2D eigenvalue weighted by Gasteiger charge is 2.38. The molecule has 0 radical (unpaired) electrons. The van der Waals surface area contributed by atoms with Crippen LogP contribution in [0.5, 0.6) is 0 Å². The van der Waals surface area contributed by atoms with Crippen LogP contribution in [0.1, 0.15) is 26.7 Å². The van der Waals surface area contributed by atoms with Crippen molar-refractivity contribution in [1.29, 1.82) is 0 Å². The molecule has 1 heterocycles. The van der Waals surface area contributed by atoms with Crippen LogP contribution in [0.15, 0.2) is 24.3 Å². The van der Waals surface area contributed by atoms with Crippen LogP contribution in [-0.4, -0.2) is 11.8 Å². The Labute approximate surface area is 114 Å². The zero-order valence-electron chi connectivity index (χ0n) is 9.87. The molecule has 90 valence electrons. The first-order valence-electron chi connectivity index (χ1n) is 5.50. The zero-order chi connectivity index (χ0) is 12.6. The van der Waals surface area contributed by atoms with Gasteiger partial charge in [0.1, 0.15) is 0 Å². The summed E-state index contributed by atoms with van der Waals surface area (Å²) in [7, 11) is 0. The summed E-state index contributed by atoms with van der Waals surface area (Å²) in [4.78, 5) is 25.4. The van der Waals surface area contributed by atoms with E-state index in [0.29, 0.717) is 18.5 Å². The van der Waals surface area contributed by atoms with Gasteiger partial charge in [-0.05, 0) is 46.2 Å². The Morgan fingerprint density at radius 3 is 2.29 bits per heavy atom. The third-order valence-electron chi connectivity index (χ3n) is 2.82. The number of piperidine rings is 1. The zero-order valence-corrected chi connectivity index (χ0v) is 12.0. The minimum absolute atomic E-state index is 0.103. The Bertz CT molecular complexity index is 462. The van der Waals surface area contributed by atoms with Crippen molar-refractivity contribution >= 4 is 40.1 Å². The molecule has 0 bridgehead atoms. The van der Waals surface area contributed by atoms with Crippen LogP contribution in [0.3, 0.4) is 0 Å². The van der Waals surface area contributed by atoms with E-state index >= 15 is 0 Å². The molecule has 0 spiro atoms. The largest absolute Gasteiger partial charge is 0.274 e. The van der Waals surface area contributed by atoms with Crippen molar-refractivity contribution in [3.63, 3.8) is 0 Å². The summed E-state index contributed by atoms with van der Waals surface area (Å²) in [5, 5.41) is 0. The van der Waals surface area contributed by atoms with E-state index in [1.807, 2.05) is 32.0 Å². The van der Waals surface area contributed by atoms with Gasteiger partial charge in [-0.3, -0.25) is 14.5 Å². The lowest BCUT2D eigenvalue weighted by Gasteiger charge is -2.34. The van der Waals surface area contributed by atoms with Crippen LogP contribution in [0.2, 0.25) is 0 Å². The van der Waals surface area contributed by atoms with E-state index in [4.69, 9.17) is 0 Å². The normalized spacial score (nSPS) is 19.6. The molecule has 0 atom stereocenters. The molecule has 2 rings (SSSR count). The Hall–Kier alpha value is -0.910. The van der Waals surface area contributed by atoms with Gasteiger partial charge < -0.3 is 0 Å². The van der Waals surface area contributed by atoms with Gasteiger partial charge in [-0.15, -0.1) is 0 Å². The summed E-state index contributed by atoms with van der Waals surface area (Å²) in [5.41, 5.74) is 0.467.